The third kappa shape index (κ3) is 3.65. The van der Waals surface area contributed by atoms with Gasteiger partial charge in [0.05, 0.1) is 0 Å². The van der Waals surface area contributed by atoms with Crippen molar-refractivity contribution in [1.29, 1.82) is 0 Å². The van der Waals surface area contributed by atoms with Gasteiger partial charge in [0.15, 0.2) is 5.97 Å². The number of hydrogen-bond donors (Lipinski definition) is 0. The monoisotopic (exact) mass is 157 g/mol. The maximum atomic E-state index is 12.2. The first kappa shape index (κ1) is 10.0. The minimum Gasteiger partial charge on any atom is -0.298 e. The van der Waals surface area contributed by atoms with Crippen molar-refractivity contribution in [3.63, 3.8) is 0 Å². The molecule has 0 unspecified atom stereocenters. The van der Waals surface area contributed by atoms with E-state index in [-0.39, 0.29) is 0 Å². The van der Waals surface area contributed by atoms with Crippen LogP contribution in [0.4, 0.5) is 4.39 Å². The summed E-state index contributed by atoms with van der Waals surface area (Å²) in [6.45, 7) is 4.70. The Morgan fingerprint density at radius 3 is 2.36 bits per heavy atom. The molecule has 0 radical (unpaired) electrons. The number of aliphatic imine (C=N–C) groups is 1. The van der Waals surface area contributed by atoms with Gasteiger partial charge >= 0.3 is 0 Å². The molecule has 62 valence electrons. The van der Waals surface area contributed by atoms with Gasteiger partial charge in [0, 0.05) is 18.2 Å². The SMILES string of the molecule is CC/C(C=O)=C(/C)N=C(C)F. The number of hydrogen-bond acceptors (Lipinski definition) is 2. The summed E-state index contributed by atoms with van der Waals surface area (Å²) in [6.07, 6.45) is 1.30. The van der Waals surface area contributed by atoms with Gasteiger partial charge in [-0.2, -0.15) is 4.39 Å². The molecule has 0 bridgehead atoms. The van der Waals surface area contributed by atoms with Crippen LogP contribution in [0.25, 0.3) is 0 Å². The summed E-state index contributed by atoms with van der Waals surface area (Å²) in [4.78, 5) is 13.8. The molecule has 0 saturated carbocycles. The van der Waals surface area contributed by atoms with Crippen molar-refractivity contribution in [2.24, 2.45) is 4.99 Å². The fourth-order valence-corrected chi connectivity index (χ4v) is 0.727. The van der Waals surface area contributed by atoms with Gasteiger partial charge in [-0.15, -0.1) is 0 Å². The summed E-state index contributed by atoms with van der Waals surface area (Å²) in [6, 6.07) is 0. The Bertz CT molecular complexity index is 202. The largest absolute Gasteiger partial charge is 0.298 e. The first-order chi connectivity index (χ1) is 5.11. The average Bonchev–Trinajstić information content (AvgIpc) is 1.88. The van der Waals surface area contributed by atoms with E-state index in [0.717, 1.165) is 0 Å². The van der Waals surface area contributed by atoms with Crippen LogP contribution < -0.4 is 0 Å². The molecule has 0 aromatic rings. The average molecular weight is 157 g/mol. The van der Waals surface area contributed by atoms with Crippen LogP contribution in [0.2, 0.25) is 0 Å². The lowest BCUT2D eigenvalue weighted by Gasteiger charge is -1.96. The van der Waals surface area contributed by atoms with E-state index in [1.165, 1.54) is 6.92 Å². The van der Waals surface area contributed by atoms with Crippen LogP contribution in [0, 0.1) is 0 Å². The van der Waals surface area contributed by atoms with Crippen molar-refractivity contribution in [2.45, 2.75) is 27.2 Å². The highest BCUT2D eigenvalue weighted by Gasteiger charge is 1.97. The first-order valence-corrected chi connectivity index (χ1v) is 3.47. The quantitative estimate of drug-likeness (QED) is 0.351. The zero-order chi connectivity index (χ0) is 8.85. The van der Waals surface area contributed by atoms with E-state index in [0.29, 0.717) is 24.0 Å². The summed E-state index contributed by atoms with van der Waals surface area (Å²) in [7, 11) is 0. The van der Waals surface area contributed by atoms with Crippen LogP contribution in [-0.2, 0) is 4.79 Å². The molecule has 0 aliphatic rings. The minimum absolute atomic E-state index is 0.461. The summed E-state index contributed by atoms with van der Waals surface area (Å²) in [5.41, 5.74) is 1.00. The Labute approximate surface area is 65.8 Å². The zero-order valence-electron chi connectivity index (χ0n) is 7.02. The summed E-state index contributed by atoms with van der Waals surface area (Å²) >= 11 is 0. The van der Waals surface area contributed by atoms with Gasteiger partial charge in [-0.05, 0) is 13.3 Å². The van der Waals surface area contributed by atoms with Gasteiger partial charge in [-0.25, -0.2) is 4.99 Å². The molecule has 0 fully saturated rings. The Kier molecular flexibility index (Phi) is 4.34. The zero-order valence-corrected chi connectivity index (χ0v) is 7.02. The molecule has 0 saturated heterocycles. The molecule has 0 rings (SSSR count). The number of aldehydes is 1. The van der Waals surface area contributed by atoms with Crippen LogP contribution in [0.1, 0.15) is 27.2 Å². The molecule has 0 aromatic heterocycles. The minimum atomic E-state index is -0.518. The third-order valence-corrected chi connectivity index (χ3v) is 1.31. The Hall–Kier alpha value is -0.990. The van der Waals surface area contributed by atoms with Crippen LogP contribution in [0.5, 0.6) is 0 Å². The van der Waals surface area contributed by atoms with Gasteiger partial charge in [0.2, 0.25) is 0 Å². The maximum absolute atomic E-state index is 12.2. The van der Waals surface area contributed by atoms with Crippen molar-refractivity contribution in [3.05, 3.63) is 11.3 Å². The van der Waals surface area contributed by atoms with E-state index in [1.54, 1.807) is 6.92 Å². The van der Waals surface area contributed by atoms with Crippen LogP contribution in [0.15, 0.2) is 16.3 Å². The molecular weight excluding hydrogens is 145 g/mol. The Morgan fingerprint density at radius 1 is 1.55 bits per heavy atom. The number of rotatable bonds is 3. The Morgan fingerprint density at radius 2 is 2.09 bits per heavy atom. The number of allylic oxidation sites excluding steroid dienone is 2. The van der Waals surface area contributed by atoms with Gasteiger partial charge in [0.1, 0.15) is 6.29 Å². The smallest absolute Gasteiger partial charge is 0.186 e. The van der Waals surface area contributed by atoms with E-state index in [1.807, 2.05) is 6.92 Å². The second-order valence-electron chi connectivity index (χ2n) is 2.19. The normalized spacial score (nSPS) is 14.4. The second-order valence-corrected chi connectivity index (χ2v) is 2.19. The predicted octanol–water partition coefficient (Wildman–Crippen LogP) is 2.26. The topological polar surface area (TPSA) is 29.4 Å². The Balaban J connectivity index is 4.62. The van der Waals surface area contributed by atoms with Gasteiger partial charge in [-0.3, -0.25) is 4.79 Å². The number of carbonyl (C=O) groups excluding carboxylic acids is 1. The van der Waals surface area contributed by atoms with Crippen molar-refractivity contribution in [3.8, 4) is 0 Å². The fraction of sp³-hybridized carbons (Fsp3) is 0.500. The van der Waals surface area contributed by atoms with E-state index in [2.05, 4.69) is 4.99 Å². The molecule has 0 aliphatic heterocycles. The van der Waals surface area contributed by atoms with E-state index >= 15 is 0 Å². The van der Waals surface area contributed by atoms with Gasteiger partial charge in [0.25, 0.3) is 0 Å². The van der Waals surface area contributed by atoms with E-state index in [9.17, 15) is 9.18 Å². The number of carbonyl (C=O) groups is 1. The molecule has 0 amide bonds. The van der Waals surface area contributed by atoms with E-state index < -0.39 is 5.97 Å². The molecule has 11 heavy (non-hydrogen) atoms. The molecular formula is C8H12FNO. The molecule has 0 atom stereocenters. The van der Waals surface area contributed by atoms with Crippen LogP contribution >= 0.6 is 0 Å². The highest BCUT2D eigenvalue weighted by Crippen LogP contribution is 2.07. The van der Waals surface area contributed by atoms with Crippen LogP contribution in [-0.4, -0.2) is 12.3 Å². The molecule has 0 aromatic carbocycles. The van der Waals surface area contributed by atoms with E-state index in [4.69, 9.17) is 0 Å². The summed E-state index contributed by atoms with van der Waals surface area (Å²) in [5, 5.41) is 0. The van der Waals surface area contributed by atoms with Crippen LogP contribution in [0.3, 0.4) is 0 Å². The van der Waals surface area contributed by atoms with Gasteiger partial charge < -0.3 is 0 Å². The second kappa shape index (κ2) is 4.77. The van der Waals surface area contributed by atoms with Crippen molar-refractivity contribution in [1.82, 2.24) is 0 Å². The highest BCUT2D eigenvalue weighted by atomic mass is 19.1. The fourth-order valence-electron chi connectivity index (χ4n) is 0.727. The van der Waals surface area contributed by atoms with Crippen molar-refractivity contribution >= 4 is 12.3 Å². The molecule has 3 heteroatoms. The molecule has 0 spiro atoms. The molecule has 0 N–H and O–H groups in total. The maximum Gasteiger partial charge on any atom is 0.186 e. The van der Waals surface area contributed by atoms with Gasteiger partial charge in [-0.1, -0.05) is 6.92 Å². The molecule has 0 heterocycles. The predicted molar refractivity (Wildman–Crippen MR) is 43.3 cm³/mol. The molecule has 2 nitrogen and oxygen atoms in total. The first-order valence-electron chi connectivity index (χ1n) is 3.47. The number of halogens is 1. The van der Waals surface area contributed by atoms with Crippen molar-refractivity contribution in [2.75, 3.05) is 0 Å². The lowest BCUT2D eigenvalue weighted by atomic mass is 10.2. The highest BCUT2D eigenvalue weighted by molar-refractivity contribution is 5.77. The summed E-state index contributed by atoms with van der Waals surface area (Å²) in [5.74, 6) is -0.518. The molecule has 0 aliphatic carbocycles. The number of nitrogens with zero attached hydrogens (tertiary/aromatic N) is 1. The standard InChI is InChI=1S/C8H12FNO/c1-4-8(5-11)6(2)10-7(3)9/h5H,4H2,1-3H3/b8-6+,10-7?. The lowest BCUT2D eigenvalue weighted by molar-refractivity contribution is -0.105. The lowest BCUT2D eigenvalue weighted by Crippen LogP contribution is -1.88. The van der Waals surface area contributed by atoms with Crippen molar-refractivity contribution < 1.29 is 9.18 Å². The summed E-state index contributed by atoms with van der Waals surface area (Å²) < 4.78 is 12.2. The third-order valence-electron chi connectivity index (χ3n) is 1.31.